The third-order valence-electron chi connectivity index (χ3n) is 8.16. The highest BCUT2D eigenvalue weighted by Crippen LogP contribution is 2.34. The summed E-state index contributed by atoms with van der Waals surface area (Å²) in [7, 11) is 0. The Kier molecular flexibility index (Phi) is 7.96. The lowest BCUT2D eigenvalue weighted by molar-refractivity contribution is -0.384. The molecule has 0 atom stereocenters. The number of aryl methyl sites for hydroxylation is 1. The van der Waals surface area contributed by atoms with Gasteiger partial charge in [0.25, 0.3) is 11.6 Å². The van der Waals surface area contributed by atoms with E-state index in [-0.39, 0.29) is 17.4 Å². The van der Waals surface area contributed by atoms with E-state index in [2.05, 4.69) is 9.80 Å². The van der Waals surface area contributed by atoms with Crippen molar-refractivity contribution in [2.45, 2.75) is 25.7 Å². The van der Waals surface area contributed by atoms with Crippen molar-refractivity contribution >= 4 is 23.1 Å². The maximum Gasteiger partial charge on any atom is 0.269 e. The van der Waals surface area contributed by atoms with Gasteiger partial charge < -0.3 is 4.90 Å². The number of hydrogen-bond donors (Lipinski definition) is 0. The van der Waals surface area contributed by atoms with Crippen LogP contribution in [-0.4, -0.2) is 64.8 Å². The van der Waals surface area contributed by atoms with E-state index in [1.807, 2.05) is 52.0 Å². The first-order valence-electron chi connectivity index (χ1n) is 14.4. The number of benzene rings is 3. The molecule has 0 bridgehead atoms. The van der Waals surface area contributed by atoms with Gasteiger partial charge in [-0.05, 0) is 74.2 Å². The summed E-state index contributed by atoms with van der Waals surface area (Å²) >= 11 is 0. The number of nitro benzene ring substituents is 1. The summed E-state index contributed by atoms with van der Waals surface area (Å²) in [5, 5.41) is 16.2. The van der Waals surface area contributed by atoms with Crippen molar-refractivity contribution < 1.29 is 14.1 Å². The number of para-hydroxylation sites is 1. The number of non-ortho nitro benzene ring substituents is 1. The smallest absolute Gasteiger partial charge is 0.269 e. The Morgan fingerprint density at radius 3 is 2.26 bits per heavy atom. The Hall–Kier alpha value is -4.57. The van der Waals surface area contributed by atoms with Crippen molar-refractivity contribution in [3.63, 3.8) is 0 Å². The molecule has 1 fully saturated rings. The van der Waals surface area contributed by atoms with Crippen molar-refractivity contribution in [1.82, 2.24) is 14.7 Å². The van der Waals surface area contributed by atoms with E-state index in [0.29, 0.717) is 18.7 Å². The lowest BCUT2D eigenvalue weighted by Gasteiger charge is -2.37. The number of nitro groups is 1. The molecule has 1 aromatic heterocycles. The number of hydrogen-bond acceptors (Lipinski definition) is 6. The summed E-state index contributed by atoms with van der Waals surface area (Å²) in [6, 6.07) is 22.3. The Morgan fingerprint density at radius 2 is 1.57 bits per heavy atom. The first-order chi connectivity index (χ1) is 20.5. The van der Waals surface area contributed by atoms with Gasteiger partial charge in [0.1, 0.15) is 11.6 Å². The van der Waals surface area contributed by atoms with Crippen molar-refractivity contribution in [3.05, 3.63) is 112 Å². The van der Waals surface area contributed by atoms with Gasteiger partial charge in [0.2, 0.25) is 0 Å². The van der Waals surface area contributed by atoms with Gasteiger partial charge in [0.15, 0.2) is 0 Å². The number of piperazine rings is 1. The number of nitrogens with zero attached hydrogens (tertiary/aromatic N) is 6. The second kappa shape index (κ2) is 12.1. The van der Waals surface area contributed by atoms with Gasteiger partial charge in [-0.25, -0.2) is 9.07 Å². The number of fused-ring (bicyclic) bond motifs is 1. The van der Waals surface area contributed by atoms with Gasteiger partial charge in [-0.1, -0.05) is 18.2 Å². The van der Waals surface area contributed by atoms with Crippen LogP contribution in [0, 0.1) is 15.9 Å². The van der Waals surface area contributed by atoms with Gasteiger partial charge in [-0.2, -0.15) is 5.10 Å². The van der Waals surface area contributed by atoms with Crippen molar-refractivity contribution in [1.29, 1.82) is 0 Å². The zero-order valence-electron chi connectivity index (χ0n) is 23.4. The third kappa shape index (κ3) is 5.75. The minimum absolute atomic E-state index is 0.0520. The fourth-order valence-corrected chi connectivity index (χ4v) is 5.87. The van der Waals surface area contributed by atoms with E-state index in [1.54, 1.807) is 0 Å². The first-order valence-corrected chi connectivity index (χ1v) is 14.4. The third-order valence-corrected chi connectivity index (χ3v) is 8.16. The number of carbonyl (C=O) groups excluding carboxylic acids is 1. The standard InChI is InChI=1S/C32H33FN6O3/c33-25-12-16-26(17-13-25)36-21-18-35(19-22-36)20-23-37(32(40)24-10-14-28(15-11-24)39(41)42)31-29-8-4-5-9-30(29)34-38(31)27-6-2-1-3-7-27/h1-3,6-7,10-17H,4-5,8-9,18-23H2. The second-order valence-corrected chi connectivity index (χ2v) is 10.8. The second-order valence-electron chi connectivity index (χ2n) is 10.8. The molecule has 2 heterocycles. The molecule has 0 unspecified atom stereocenters. The maximum atomic E-state index is 14.2. The van der Waals surface area contributed by atoms with E-state index >= 15 is 0 Å². The highest BCUT2D eigenvalue weighted by Gasteiger charge is 2.30. The molecule has 1 saturated heterocycles. The number of anilines is 2. The van der Waals surface area contributed by atoms with E-state index in [1.165, 1.54) is 36.4 Å². The SMILES string of the molecule is O=C(c1ccc([N+](=O)[O-])cc1)N(CCN1CCN(c2ccc(F)cc2)CC1)c1c2c(nn1-c1ccccc1)CCCC2. The van der Waals surface area contributed by atoms with Gasteiger partial charge in [0, 0.05) is 68.2 Å². The summed E-state index contributed by atoms with van der Waals surface area (Å²) in [6.07, 6.45) is 3.81. The lowest BCUT2D eigenvalue weighted by Crippen LogP contribution is -2.49. The summed E-state index contributed by atoms with van der Waals surface area (Å²) in [6.45, 7) is 4.33. The van der Waals surface area contributed by atoms with Gasteiger partial charge in [0.05, 0.1) is 16.3 Å². The number of amides is 1. The maximum absolute atomic E-state index is 14.2. The minimum Gasteiger partial charge on any atom is -0.369 e. The molecule has 1 aliphatic carbocycles. The molecular weight excluding hydrogens is 535 g/mol. The van der Waals surface area contributed by atoms with Crippen molar-refractivity contribution in [3.8, 4) is 5.69 Å². The van der Waals surface area contributed by atoms with Crippen LogP contribution >= 0.6 is 0 Å². The summed E-state index contributed by atoms with van der Waals surface area (Å²) < 4.78 is 15.3. The van der Waals surface area contributed by atoms with Crippen LogP contribution in [0.15, 0.2) is 78.9 Å². The average Bonchev–Trinajstić information content (AvgIpc) is 3.42. The fraction of sp³-hybridized carbons (Fsp3) is 0.312. The predicted octanol–water partition coefficient (Wildman–Crippen LogP) is 5.27. The summed E-state index contributed by atoms with van der Waals surface area (Å²) in [5.41, 5.74) is 4.35. The normalized spacial score (nSPS) is 15.3. The van der Waals surface area contributed by atoms with Crippen LogP contribution in [0.4, 0.5) is 21.6 Å². The number of aromatic nitrogens is 2. The summed E-state index contributed by atoms with van der Waals surface area (Å²) in [4.78, 5) is 31.4. The molecule has 3 aromatic carbocycles. The summed E-state index contributed by atoms with van der Waals surface area (Å²) in [5.74, 6) is 0.330. The van der Waals surface area contributed by atoms with Gasteiger partial charge in [-0.15, -0.1) is 0 Å². The van der Waals surface area contributed by atoms with Crippen LogP contribution < -0.4 is 9.80 Å². The first kappa shape index (κ1) is 27.6. The van der Waals surface area contributed by atoms with Crippen LogP contribution in [0.2, 0.25) is 0 Å². The molecule has 1 aliphatic heterocycles. The van der Waals surface area contributed by atoms with Crippen LogP contribution in [0.1, 0.15) is 34.5 Å². The Morgan fingerprint density at radius 1 is 0.881 bits per heavy atom. The van der Waals surface area contributed by atoms with Gasteiger partial charge in [-0.3, -0.25) is 24.7 Å². The Labute approximate surface area is 243 Å². The zero-order chi connectivity index (χ0) is 29.1. The average molecular weight is 569 g/mol. The monoisotopic (exact) mass is 568 g/mol. The van der Waals surface area contributed by atoms with Crippen LogP contribution in [-0.2, 0) is 12.8 Å². The van der Waals surface area contributed by atoms with Crippen LogP contribution in [0.25, 0.3) is 5.69 Å². The molecule has 6 rings (SSSR count). The fourth-order valence-electron chi connectivity index (χ4n) is 5.87. The van der Waals surface area contributed by atoms with E-state index < -0.39 is 4.92 Å². The van der Waals surface area contributed by atoms with E-state index in [4.69, 9.17) is 5.10 Å². The predicted molar refractivity (Wildman–Crippen MR) is 160 cm³/mol. The Bertz CT molecular complexity index is 1550. The lowest BCUT2D eigenvalue weighted by atomic mass is 9.97. The highest BCUT2D eigenvalue weighted by atomic mass is 19.1. The molecule has 42 heavy (non-hydrogen) atoms. The molecule has 10 heteroatoms. The molecule has 0 saturated carbocycles. The number of carbonyl (C=O) groups is 1. The molecular formula is C32H33FN6O3. The number of rotatable bonds is 8. The molecule has 4 aromatic rings. The molecule has 0 radical (unpaired) electrons. The van der Waals surface area contributed by atoms with Crippen LogP contribution in [0.3, 0.4) is 0 Å². The zero-order valence-corrected chi connectivity index (χ0v) is 23.4. The van der Waals surface area contributed by atoms with Gasteiger partial charge >= 0.3 is 0 Å². The van der Waals surface area contributed by atoms with E-state index in [9.17, 15) is 19.3 Å². The molecule has 1 amide bonds. The minimum atomic E-state index is -0.460. The largest absolute Gasteiger partial charge is 0.369 e. The molecule has 0 N–H and O–H groups in total. The van der Waals surface area contributed by atoms with Crippen molar-refractivity contribution in [2.75, 3.05) is 49.1 Å². The molecule has 9 nitrogen and oxygen atoms in total. The quantitative estimate of drug-likeness (QED) is 0.213. The van der Waals surface area contributed by atoms with Crippen molar-refractivity contribution in [2.24, 2.45) is 0 Å². The highest BCUT2D eigenvalue weighted by molar-refractivity contribution is 6.06. The van der Waals surface area contributed by atoms with E-state index in [0.717, 1.165) is 80.3 Å². The topological polar surface area (TPSA) is 87.8 Å². The molecule has 0 spiro atoms. The Balaban J connectivity index is 1.29. The number of halogens is 1. The molecule has 2 aliphatic rings. The molecule has 216 valence electrons. The van der Waals surface area contributed by atoms with Crippen LogP contribution in [0.5, 0.6) is 0 Å².